The summed E-state index contributed by atoms with van der Waals surface area (Å²) in [4.78, 5) is 35.6. The monoisotopic (exact) mass is 390 g/mol. The molecule has 9 nitrogen and oxygen atoms in total. The first kappa shape index (κ1) is 18.5. The van der Waals surface area contributed by atoms with E-state index in [1.54, 1.807) is 0 Å². The van der Waals surface area contributed by atoms with Gasteiger partial charge in [0.15, 0.2) is 15.2 Å². The highest BCUT2D eigenvalue weighted by Crippen LogP contribution is 2.40. The molecule has 0 aromatic heterocycles. The standard InChI is InChI=1S/C17H14N2O7S/c1-26-17(21)11-6-8-12(9-7-11)18-15(20)10-27(24,25)16(18)13-4-2-3-5-14(13)19(22)23/h2-9,16H,10H2,1H3. The second kappa shape index (κ2) is 6.80. The van der Waals surface area contributed by atoms with Crippen molar-refractivity contribution in [3.8, 4) is 0 Å². The van der Waals surface area contributed by atoms with Gasteiger partial charge < -0.3 is 4.74 Å². The van der Waals surface area contributed by atoms with E-state index in [0.717, 1.165) is 4.90 Å². The molecule has 1 aliphatic heterocycles. The van der Waals surface area contributed by atoms with Crippen LogP contribution >= 0.6 is 0 Å². The summed E-state index contributed by atoms with van der Waals surface area (Å²) in [7, 11) is -2.77. The lowest BCUT2D eigenvalue weighted by molar-refractivity contribution is -0.385. The van der Waals surface area contributed by atoms with Gasteiger partial charge in [-0.1, -0.05) is 12.1 Å². The summed E-state index contributed by atoms with van der Waals surface area (Å²) in [6, 6.07) is 11.0. The van der Waals surface area contributed by atoms with Gasteiger partial charge in [0.1, 0.15) is 5.75 Å². The van der Waals surface area contributed by atoms with E-state index >= 15 is 0 Å². The molecule has 1 heterocycles. The highest BCUT2D eigenvalue weighted by molar-refractivity contribution is 7.93. The van der Waals surface area contributed by atoms with Crippen LogP contribution in [0.4, 0.5) is 11.4 Å². The summed E-state index contributed by atoms with van der Waals surface area (Å²) in [5.74, 6) is -2.05. The highest BCUT2D eigenvalue weighted by atomic mass is 32.2. The van der Waals surface area contributed by atoms with Crippen LogP contribution in [0.3, 0.4) is 0 Å². The van der Waals surface area contributed by atoms with Gasteiger partial charge in [0.05, 0.1) is 23.2 Å². The average molecular weight is 390 g/mol. The molecule has 0 radical (unpaired) electrons. The third-order valence-electron chi connectivity index (χ3n) is 4.13. The summed E-state index contributed by atoms with van der Waals surface area (Å²) in [6.45, 7) is 0. The van der Waals surface area contributed by atoms with E-state index in [0.29, 0.717) is 0 Å². The lowest BCUT2D eigenvalue weighted by Crippen LogP contribution is -2.29. The van der Waals surface area contributed by atoms with Crippen molar-refractivity contribution in [2.45, 2.75) is 5.37 Å². The van der Waals surface area contributed by atoms with Crippen LogP contribution in [-0.4, -0.2) is 38.1 Å². The summed E-state index contributed by atoms with van der Waals surface area (Å²) in [5, 5.41) is 9.80. The minimum Gasteiger partial charge on any atom is -0.465 e. The normalized spacial score (nSPS) is 18.3. The quantitative estimate of drug-likeness (QED) is 0.443. The SMILES string of the molecule is COC(=O)c1ccc(N2C(=O)CS(=O)(=O)C2c2ccccc2[N+](=O)[O-])cc1. The van der Waals surface area contributed by atoms with E-state index in [4.69, 9.17) is 0 Å². The number of nitrogens with zero attached hydrogens (tertiary/aromatic N) is 2. The van der Waals surface area contributed by atoms with Gasteiger partial charge in [0.2, 0.25) is 5.91 Å². The molecule has 140 valence electrons. The molecule has 1 aliphatic rings. The van der Waals surface area contributed by atoms with Gasteiger partial charge in [-0.05, 0) is 30.3 Å². The Balaban J connectivity index is 2.13. The third kappa shape index (κ3) is 3.26. The molecule has 0 saturated carbocycles. The first-order valence-corrected chi connectivity index (χ1v) is 9.43. The van der Waals surface area contributed by atoms with Crippen LogP contribution in [0, 0.1) is 10.1 Å². The number of carbonyl (C=O) groups is 2. The van der Waals surface area contributed by atoms with Crippen LogP contribution in [0.2, 0.25) is 0 Å². The largest absolute Gasteiger partial charge is 0.465 e. The van der Waals surface area contributed by atoms with E-state index in [-0.39, 0.29) is 16.8 Å². The Kier molecular flexibility index (Phi) is 4.66. The maximum Gasteiger partial charge on any atom is 0.337 e. The van der Waals surface area contributed by atoms with Gasteiger partial charge in [0.25, 0.3) is 5.69 Å². The van der Waals surface area contributed by atoms with Gasteiger partial charge >= 0.3 is 5.97 Å². The molecule has 10 heteroatoms. The smallest absolute Gasteiger partial charge is 0.337 e. The molecule has 1 amide bonds. The van der Waals surface area contributed by atoms with Crippen LogP contribution in [0.5, 0.6) is 0 Å². The highest BCUT2D eigenvalue weighted by Gasteiger charge is 2.48. The zero-order chi connectivity index (χ0) is 19.8. The van der Waals surface area contributed by atoms with E-state index in [1.165, 1.54) is 55.6 Å². The van der Waals surface area contributed by atoms with Crippen LogP contribution in [0.25, 0.3) is 0 Å². The first-order chi connectivity index (χ1) is 12.8. The van der Waals surface area contributed by atoms with Crippen LogP contribution in [-0.2, 0) is 19.4 Å². The molecule has 1 saturated heterocycles. The maximum atomic E-state index is 12.6. The Bertz CT molecular complexity index is 1030. The van der Waals surface area contributed by atoms with Gasteiger partial charge in [0, 0.05) is 11.8 Å². The molecule has 2 aromatic carbocycles. The topological polar surface area (TPSA) is 124 Å². The number of rotatable bonds is 4. The molecule has 0 bridgehead atoms. The number of carbonyl (C=O) groups excluding carboxylic acids is 2. The van der Waals surface area contributed by atoms with Crippen molar-refractivity contribution in [1.29, 1.82) is 0 Å². The number of methoxy groups -OCH3 is 1. The fourth-order valence-electron chi connectivity index (χ4n) is 2.96. The lowest BCUT2D eigenvalue weighted by atomic mass is 10.1. The number of nitro groups is 1. The van der Waals surface area contributed by atoms with Crippen molar-refractivity contribution in [3.05, 3.63) is 69.8 Å². The van der Waals surface area contributed by atoms with E-state index in [1.807, 2.05) is 0 Å². The van der Waals surface area contributed by atoms with Crippen LogP contribution in [0.15, 0.2) is 48.5 Å². The van der Waals surface area contributed by atoms with Crippen molar-refractivity contribution >= 4 is 33.1 Å². The number of esters is 1. The van der Waals surface area contributed by atoms with Crippen molar-refractivity contribution < 1.29 is 27.7 Å². The Labute approximate surface area is 154 Å². The molecule has 0 spiro atoms. The van der Waals surface area contributed by atoms with Crippen molar-refractivity contribution in [3.63, 3.8) is 0 Å². The van der Waals surface area contributed by atoms with E-state index in [9.17, 15) is 28.1 Å². The molecule has 0 N–H and O–H groups in total. The molecular formula is C17H14N2O7S. The molecule has 1 fully saturated rings. The van der Waals surface area contributed by atoms with E-state index < -0.39 is 43.5 Å². The average Bonchev–Trinajstić information content (AvgIpc) is 2.89. The maximum absolute atomic E-state index is 12.6. The summed E-state index contributed by atoms with van der Waals surface area (Å²) in [5.41, 5.74) is -0.0581. The molecule has 1 atom stereocenters. The Morgan fingerprint density at radius 3 is 2.41 bits per heavy atom. The number of ether oxygens (including phenoxy) is 1. The number of nitro benzene ring substituents is 1. The Hall–Kier alpha value is -3.27. The number of amides is 1. The van der Waals surface area contributed by atoms with Crippen molar-refractivity contribution in [2.24, 2.45) is 0 Å². The fourth-order valence-corrected chi connectivity index (χ4v) is 4.75. The van der Waals surface area contributed by atoms with Crippen molar-refractivity contribution in [2.75, 3.05) is 17.8 Å². The Morgan fingerprint density at radius 1 is 1.19 bits per heavy atom. The number of hydrogen-bond donors (Lipinski definition) is 0. The minimum atomic E-state index is -3.99. The predicted molar refractivity (Wildman–Crippen MR) is 94.9 cm³/mol. The third-order valence-corrected chi connectivity index (χ3v) is 5.93. The predicted octanol–water partition coefficient (Wildman–Crippen LogP) is 1.84. The van der Waals surface area contributed by atoms with Gasteiger partial charge in [-0.2, -0.15) is 0 Å². The van der Waals surface area contributed by atoms with E-state index in [2.05, 4.69) is 4.74 Å². The van der Waals surface area contributed by atoms with Gasteiger partial charge in [-0.25, -0.2) is 13.2 Å². The molecule has 0 aliphatic carbocycles. The number of para-hydroxylation sites is 1. The summed E-state index contributed by atoms with van der Waals surface area (Å²) >= 11 is 0. The van der Waals surface area contributed by atoms with Crippen LogP contribution < -0.4 is 4.90 Å². The first-order valence-electron chi connectivity index (χ1n) is 7.71. The lowest BCUT2D eigenvalue weighted by Gasteiger charge is -2.23. The summed E-state index contributed by atoms with van der Waals surface area (Å²) in [6.07, 6.45) is 0. The molecule has 3 rings (SSSR count). The number of sulfone groups is 1. The summed E-state index contributed by atoms with van der Waals surface area (Å²) < 4.78 is 29.8. The minimum absolute atomic E-state index is 0.0922. The molecule has 1 unspecified atom stereocenters. The number of hydrogen-bond acceptors (Lipinski definition) is 7. The second-order valence-corrected chi connectivity index (χ2v) is 7.84. The Morgan fingerprint density at radius 2 is 1.81 bits per heavy atom. The zero-order valence-corrected chi connectivity index (χ0v) is 14.9. The van der Waals surface area contributed by atoms with Gasteiger partial charge in [-0.3, -0.25) is 19.8 Å². The number of benzene rings is 2. The molecule has 2 aromatic rings. The zero-order valence-electron chi connectivity index (χ0n) is 14.1. The van der Waals surface area contributed by atoms with Crippen molar-refractivity contribution in [1.82, 2.24) is 0 Å². The van der Waals surface area contributed by atoms with Gasteiger partial charge in [-0.15, -0.1) is 0 Å². The fraction of sp³-hybridized carbons (Fsp3) is 0.176. The number of anilines is 1. The molecular weight excluding hydrogens is 376 g/mol. The molecule has 27 heavy (non-hydrogen) atoms. The second-order valence-electron chi connectivity index (χ2n) is 5.78. The van der Waals surface area contributed by atoms with Crippen LogP contribution in [0.1, 0.15) is 21.3 Å².